The van der Waals surface area contributed by atoms with Crippen molar-refractivity contribution >= 4 is 7.82 Å². The Labute approximate surface area is 120 Å². The van der Waals surface area contributed by atoms with E-state index < -0.39 is 7.82 Å². The normalized spacial score (nSPS) is 10.6. The number of aromatic nitrogens is 2. The average molecular weight is 232 g/mol. The Bertz CT molecular complexity index is 275. The first kappa shape index (κ1) is 13.8. The molecule has 0 unspecified atom stereocenters. The van der Waals surface area contributed by atoms with Crippen molar-refractivity contribution in [2.45, 2.75) is 0 Å². The van der Waals surface area contributed by atoms with Crippen LogP contribution in [0, 0.1) is 0 Å². The fraction of sp³-hybridized carbons (Fsp3) is 0.400. The molecule has 6 nitrogen and oxygen atoms in total. The number of nitrogens with one attached hydrogen (secondary N) is 1. The SMILES string of the molecule is COP(=O)(OC)Oc1ccn[nH]1.[H-].[K+]. The van der Waals surface area contributed by atoms with Crippen molar-refractivity contribution in [2.24, 2.45) is 0 Å². The quantitative estimate of drug-likeness (QED) is 0.495. The van der Waals surface area contributed by atoms with E-state index in [9.17, 15) is 4.57 Å². The molecule has 8 heteroatoms. The zero-order chi connectivity index (χ0) is 9.03. The minimum absolute atomic E-state index is 0. The molecule has 0 bridgehead atoms. The van der Waals surface area contributed by atoms with Gasteiger partial charge in [0, 0.05) is 20.3 Å². The Morgan fingerprint density at radius 1 is 1.54 bits per heavy atom. The molecule has 1 aromatic heterocycles. The van der Waals surface area contributed by atoms with Gasteiger partial charge in [-0.05, 0) is 0 Å². The van der Waals surface area contributed by atoms with Gasteiger partial charge in [-0.25, -0.2) is 9.66 Å². The molecule has 0 aliphatic heterocycles. The van der Waals surface area contributed by atoms with Gasteiger partial charge in [0.15, 0.2) is 0 Å². The van der Waals surface area contributed by atoms with Crippen LogP contribution in [0.3, 0.4) is 0 Å². The maximum atomic E-state index is 11.3. The molecule has 0 spiro atoms. The standard InChI is InChI=1S/C5H9N2O4P.K.H/c1-9-12(8,10-2)11-5-3-4-6-7-5;;/h3-4H,1-2H3,(H,6,7);;/q;+1;-1. The number of phosphoric acid groups is 1. The predicted octanol–water partition coefficient (Wildman–Crippen LogP) is -1.69. The fourth-order valence-corrected chi connectivity index (χ4v) is 1.20. The molecule has 1 heterocycles. The van der Waals surface area contributed by atoms with E-state index in [0.717, 1.165) is 0 Å². The van der Waals surface area contributed by atoms with Crippen molar-refractivity contribution in [3.63, 3.8) is 0 Å². The van der Waals surface area contributed by atoms with Crippen LogP contribution in [-0.4, -0.2) is 24.4 Å². The van der Waals surface area contributed by atoms with E-state index in [0.29, 0.717) is 0 Å². The molecule has 0 saturated carbocycles. The van der Waals surface area contributed by atoms with Crippen LogP contribution in [0.5, 0.6) is 5.88 Å². The van der Waals surface area contributed by atoms with Crippen LogP contribution < -0.4 is 55.9 Å². The summed E-state index contributed by atoms with van der Waals surface area (Å²) in [6, 6.07) is 1.50. The number of rotatable bonds is 4. The van der Waals surface area contributed by atoms with Crippen LogP contribution >= 0.6 is 7.82 Å². The first-order valence-corrected chi connectivity index (χ1v) is 4.57. The molecule has 1 N–H and O–H groups in total. The molecular formula is C5H10KN2O4P. The van der Waals surface area contributed by atoms with E-state index >= 15 is 0 Å². The largest absolute Gasteiger partial charge is 1.00 e. The molecule has 70 valence electrons. The molecule has 1 aromatic rings. The topological polar surface area (TPSA) is 73.4 Å². The number of hydrogen-bond acceptors (Lipinski definition) is 5. The van der Waals surface area contributed by atoms with Crippen LogP contribution in [0.1, 0.15) is 1.43 Å². The third kappa shape index (κ3) is 4.22. The zero-order valence-corrected chi connectivity index (χ0v) is 11.7. The van der Waals surface area contributed by atoms with Crippen LogP contribution in [0.2, 0.25) is 0 Å². The Morgan fingerprint density at radius 3 is 2.54 bits per heavy atom. The molecule has 0 saturated heterocycles. The van der Waals surface area contributed by atoms with E-state index in [1.165, 1.54) is 26.5 Å². The first-order valence-electron chi connectivity index (χ1n) is 3.10. The van der Waals surface area contributed by atoms with E-state index in [-0.39, 0.29) is 58.7 Å². The van der Waals surface area contributed by atoms with Gasteiger partial charge in [0.2, 0.25) is 5.88 Å². The summed E-state index contributed by atoms with van der Waals surface area (Å²) in [4.78, 5) is 0. The Morgan fingerprint density at radius 2 is 2.15 bits per heavy atom. The number of H-pyrrole nitrogens is 1. The van der Waals surface area contributed by atoms with Gasteiger partial charge in [0.1, 0.15) is 0 Å². The van der Waals surface area contributed by atoms with Crippen molar-refractivity contribution in [2.75, 3.05) is 14.2 Å². The smallest absolute Gasteiger partial charge is 1.00 e. The average Bonchev–Trinajstić information content (AvgIpc) is 2.57. The minimum atomic E-state index is -3.44. The molecule has 0 atom stereocenters. The van der Waals surface area contributed by atoms with Crippen molar-refractivity contribution in [3.05, 3.63) is 12.3 Å². The molecule has 1 rings (SSSR count). The fourth-order valence-electron chi connectivity index (χ4n) is 0.563. The molecule has 13 heavy (non-hydrogen) atoms. The maximum Gasteiger partial charge on any atom is 1.00 e. The first-order chi connectivity index (χ1) is 5.70. The van der Waals surface area contributed by atoms with Crippen molar-refractivity contribution in [3.8, 4) is 5.88 Å². The van der Waals surface area contributed by atoms with Crippen molar-refractivity contribution in [1.29, 1.82) is 0 Å². The summed E-state index contributed by atoms with van der Waals surface area (Å²) in [6.45, 7) is 0. The summed E-state index contributed by atoms with van der Waals surface area (Å²) < 4.78 is 25.2. The Hall–Kier alpha value is 0.796. The summed E-state index contributed by atoms with van der Waals surface area (Å²) in [7, 11) is -0.968. The zero-order valence-electron chi connectivity index (χ0n) is 8.68. The second-order valence-corrected chi connectivity index (χ2v) is 3.63. The summed E-state index contributed by atoms with van der Waals surface area (Å²) in [6.07, 6.45) is 1.46. The van der Waals surface area contributed by atoms with Crippen molar-refractivity contribution in [1.82, 2.24) is 10.2 Å². The van der Waals surface area contributed by atoms with E-state index in [1.54, 1.807) is 0 Å². The molecule has 0 aliphatic rings. The molecule has 0 amide bonds. The minimum Gasteiger partial charge on any atom is -1.00 e. The van der Waals surface area contributed by atoms with Gasteiger partial charge >= 0.3 is 59.2 Å². The van der Waals surface area contributed by atoms with Gasteiger partial charge in [-0.1, -0.05) is 0 Å². The number of phosphoric ester groups is 1. The number of aromatic amines is 1. The monoisotopic (exact) mass is 232 g/mol. The third-order valence-corrected chi connectivity index (χ3v) is 2.45. The Balaban J connectivity index is 0. The van der Waals surface area contributed by atoms with Crippen molar-refractivity contribution < 1.29 is 70.9 Å². The van der Waals surface area contributed by atoms with Crippen LogP contribution in [0.25, 0.3) is 0 Å². The molecule has 0 fully saturated rings. The van der Waals surface area contributed by atoms with Crippen LogP contribution in [0.4, 0.5) is 0 Å². The second kappa shape index (κ2) is 6.31. The van der Waals surface area contributed by atoms with Gasteiger partial charge in [-0.2, -0.15) is 5.10 Å². The van der Waals surface area contributed by atoms with E-state index in [2.05, 4.69) is 19.2 Å². The molecule has 0 aliphatic carbocycles. The van der Waals surface area contributed by atoms with Gasteiger partial charge in [0.05, 0.1) is 6.20 Å². The maximum absolute atomic E-state index is 11.3. The molecule has 0 radical (unpaired) electrons. The molecule has 0 aromatic carbocycles. The van der Waals surface area contributed by atoms with Gasteiger partial charge in [0.25, 0.3) is 0 Å². The summed E-state index contributed by atoms with van der Waals surface area (Å²) in [5.74, 6) is 0.238. The van der Waals surface area contributed by atoms with Crippen LogP contribution in [0.15, 0.2) is 12.3 Å². The van der Waals surface area contributed by atoms with Gasteiger partial charge < -0.3 is 5.95 Å². The van der Waals surface area contributed by atoms with Gasteiger partial charge in [-0.3, -0.25) is 9.05 Å². The van der Waals surface area contributed by atoms with E-state index in [1.807, 2.05) is 0 Å². The number of nitrogens with zero attached hydrogens (tertiary/aromatic N) is 1. The second-order valence-electron chi connectivity index (χ2n) is 1.82. The summed E-state index contributed by atoms with van der Waals surface area (Å²) in [5.41, 5.74) is 0. The third-order valence-electron chi connectivity index (χ3n) is 1.13. The predicted molar refractivity (Wildman–Crippen MR) is 42.0 cm³/mol. The number of hydrogen-bond donors (Lipinski definition) is 1. The van der Waals surface area contributed by atoms with Gasteiger partial charge in [-0.15, -0.1) is 0 Å². The molecular weight excluding hydrogens is 222 g/mol. The van der Waals surface area contributed by atoms with E-state index in [4.69, 9.17) is 4.52 Å². The summed E-state index contributed by atoms with van der Waals surface area (Å²) >= 11 is 0. The van der Waals surface area contributed by atoms with Crippen LogP contribution in [-0.2, 0) is 13.6 Å². The summed E-state index contributed by atoms with van der Waals surface area (Å²) in [5, 5.41) is 6.05. The Kier molecular flexibility index (Phi) is 6.70.